The van der Waals surface area contributed by atoms with Gasteiger partial charge in [0, 0.05) is 33.6 Å². The Kier molecular flexibility index (Phi) is 5.32. The van der Waals surface area contributed by atoms with Crippen molar-refractivity contribution in [3.05, 3.63) is 42.2 Å². The van der Waals surface area contributed by atoms with E-state index in [0.717, 1.165) is 12.2 Å². The topological polar surface area (TPSA) is 9.23 Å². The van der Waals surface area contributed by atoms with Crippen LogP contribution in [0.25, 0.3) is 0 Å². The third kappa shape index (κ3) is 2.38. The number of para-hydroxylation sites is 1. The van der Waals surface area contributed by atoms with Gasteiger partial charge in [-0.3, -0.25) is 0 Å². The van der Waals surface area contributed by atoms with Crippen molar-refractivity contribution in [3.8, 4) is 5.75 Å². The maximum Gasteiger partial charge on any atom is 0.130 e. The Hall–Kier alpha value is -0.227. The average Bonchev–Trinajstić information content (AvgIpc) is 2.05. The largest absolute Gasteiger partial charge is 0.465 e. The second kappa shape index (κ2) is 5.42. The zero-order valence-electron chi connectivity index (χ0n) is 6.27. The molecule has 0 N–H and O–H groups in total. The third-order valence-corrected chi connectivity index (χ3v) is 1.60. The summed E-state index contributed by atoms with van der Waals surface area (Å²) < 4.78 is 5.24. The molecule has 1 aromatic rings. The molecule has 0 saturated carbocycles. The monoisotopic (exact) mass is 245 g/mol. The number of hydrogen-bond donors (Lipinski definition) is 0. The van der Waals surface area contributed by atoms with E-state index < -0.39 is 0 Å². The number of allylic oxidation sites excluding steroid dienone is 1. The van der Waals surface area contributed by atoms with Crippen molar-refractivity contribution in [3.63, 3.8) is 0 Å². The molecule has 1 aliphatic rings. The Morgan fingerprint density at radius 3 is 2.67 bits per heavy atom. The van der Waals surface area contributed by atoms with Crippen LogP contribution >= 0.6 is 0 Å². The summed E-state index contributed by atoms with van der Waals surface area (Å²) >= 11 is 0. The van der Waals surface area contributed by atoms with E-state index in [2.05, 4.69) is 6.07 Å². The molecule has 0 amide bonds. The van der Waals surface area contributed by atoms with Gasteiger partial charge in [-0.2, -0.15) is 0 Å². The Morgan fingerprint density at radius 1 is 1.17 bits per heavy atom. The molecule has 3 heteroatoms. The Bertz CT molecular complexity index is 246. The molecule has 0 aromatic heterocycles. The van der Waals surface area contributed by atoms with Crippen LogP contribution < -0.4 is 4.74 Å². The molecule has 1 nitrogen and oxygen atoms in total. The van der Waals surface area contributed by atoms with E-state index >= 15 is 0 Å². The normalized spacial score (nSPS) is 11.7. The van der Waals surface area contributed by atoms with Gasteiger partial charge in [0.1, 0.15) is 5.75 Å². The predicted molar refractivity (Wildman–Crippen MR) is 39.9 cm³/mol. The summed E-state index contributed by atoms with van der Waals surface area (Å²) in [4.78, 5) is 0. The first kappa shape index (κ1) is 11.8. The van der Waals surface area contributed by atoms with Crippen molar-refractivity contribution in [1.29, 1.82) is 0 Å². The van der Waals surface area contributed by atoms with Gasteiger partial charge in [-0.25, -0.2) is 0 Å². The van der Waals surface area contributed by atoms with Gasteiger partial charge >= 0.3 is 0 Å². The quantitative estimate of drug-likeness (QED) is 0.637. The minimum absolute atomic E-state index is 0. The molecular formula is C9H8MnNiO. The van der Waals surface area contributed by atoms with Crippen molar-refractivity contribution in [1.82, 2.24) is 0 Å². The molecule has 0 unspecified atom stereocenters. The minimum atomic E-state index is 0. The number of rotatable bonds is 0. The Balaban J connectivity index is 0.000000605. The van der Waals surface area contributed by atoms with Crippen LogP contribution in [0.15, 0.2) is 36.6 Å². The third-order valence-electron chi connectivity index (χ3n) is 1.60. The summed E-state index contributed by atoms with van der Waals surface area (Å²) in [6, 6.07) is 8.08. The van der Waals surface area contributed by atoms with Gasteiger partial charge in [0.25, 0.3) is 0 Å². The van der Waals surface area contributed by atoms with Crippen molar-refractivity contribution in [2.45, 2.75) is 6.42 Å². The molecule has 0 spiro atoms. The van der Waals surface area contributed by atoms with Crippen molar-refractivity contribution < 1.29 is 38.3 Å². The molecule has 0 atom stereocenters. The van der Waals surface area contributed by atoms with Gasteiger partial charge in [0.15, 0.2) is 0 Å². The molecule has 0 saturated heterocycles. The van der Waals surface area contributed by atoms with Crippen LogP contribution in [0.1, 0.15) is 5.56 Å². The fraction of sp³-hybridized carbons (Fsp3) is 0.111. The Labute approximate surface area is 92.6 Å². The van der Waals surface area contributed by atoms with Crippen LogP contribution in [0.3, 0.4) is 0 Å². The molecule has 0 bridgehead atoms. The molecule has 1 aromatic carbocycles. The summed E-state index contributed by atoms with van der Waals surface area (Å²) in [5.74, 6) is 0.991. The fourth-order valence-electron chi connectivity index (χ4n) is 1.08. The summed E-state index contributed by atoms with van der Waals surface area (Å²) in [6.07, 6.45) is 4.75. The van der Waals surface area contributed by atoms with E-state index in [1.54, 1.807) is 6.26 Å². The first-order valence-corrected chi connectivity index (χ1v) is 3.36. The van der Waals surface area contributed by atoms with Gasteiger partial charge in [-0.1, -0.05) is 18.2 Å². The van der Waals surface area contributed by atoms with E-state index in [4.69, 9.17) is 4.74 Å². The minimum Gasteiger partial charge on any atom is -0.465 e. The second-order valence-corrected chi connectivity index (χ2v) is 2.30. The molecule has 1 aliphatic heterocycles. The second-order valence-electron chi connectivity index (χ2n) is 2.30. The standard InChI is InChI=1S/C9H8O.Mn.Ni/c1-2-6-9-8(4-1)5-3-7-10-9;;/h1-4,6-7H,5H2;;. The van der Waals surface area contributed by atoms with Crippen LogP contribution in [-0.4, -0.2) is 0 Å². The molecule has 0 aliphatic carbocycles. The molecule has 0 fully saturated rings. The number of benzene rings is 1. The molecule has 2 rings (SSSR count). The fourth-order valence-corrected chi connectivity index (χ4v) is 1.08. The van der Waals surface area contributed by atoms with Crippen molar-refractivity contribution >= 4 is 0 Å². The molecular weight excluding hydrogens is 238 g/mol. The average molecular weight is 246 g/mol. The first-order valence-electron chi connectivity index (χ1n) is 3.36. The van der Waals surface area contributed by atoms with Gasteiger partial charge in [-0.15, -0.1) is 0 Å². The van der Waals surface area contributed by atoms with Gasteiger partial charge in [0.05, 0.1) is 6.26 Å². The summed E-state index contributed by atoms with van der Waals surface area (Å²) in [7, 11) is 0. The molecule has 12 heavy (non-hydrogen) atoms. The Morgan fingerprint density at radius 2 is 1.92 bits per heavy atom. The van der Waals surface area contributed by atoms with E-state index in [-0.39, 0.29) is 33.6 Å². The van der Waals surface area contributed by atoms with Gasteiger partial charge < -0.3 is 4.74 Å². The van der Waals surface area contributed by atoms with E-state index in [0.29, 0.717) is 0 Å². The SMILES string of the molecule is C1=COc2ccccc2C1.[Mn].[Ni]. The van der Waals surface area contributed by atoms with Crippen LogP contribution in [-0.2, 0) is 40.0 Å². The number of hydrogen-bond acceptors (Lipinski definition) is 1. The van der Waals surface area contributed by atoms with Gasteiger partial charge in [-0.05, 0) is 24.1 Å². The van der Waals surface area contributed by atoms with E-state index in [9.17, 15) is 0 Å². The zero-order chi connectivity index (χ0) is 6.81. The summed E-state index contributed by atoms with van der Waals surface area (Å²) in [5, 5.41) is 0. The van der Waals surface area contributed by atoms with Crippen LogP contribution in [0.2, 0.25) is 0 Å². The molecule has 1 radical (unpaired) electrons. The predicted octanol–water partition coefficient (Wildman–Crippen LogP) is 2.13. The zero-order valence-corrected chi connectivity index (χ0v) is 8.44. The molecule has 67 valence electrons. The van der Waals surface area contributed by atoms with Crippen LogP contribution in [0.5, 0.6) is 5.75 Å². The smallest absolute Gasteiger partial charge is 0.130 e. The maximum absolute atomic E-state index is 5.24. The van der Waals surface area contributed by atoms with E-state index in [1.165, 1.54) is 5.56 Å². The van der Waals surface area contributed by atoms with Gasteiger partial charge in [0.2, 0.25) is 0 Å². The van der Waals surface area contributed by atoms with E-state index in [1.807, 2.05) is 24.3 Å². The van der Waals surface area contributed by atoms with Crippen LogP contribution in [0.4, 0.5) is 0 Å². The van der Waals surface area contributed by atoms with Crippen molar-refractivity contribution in [2.24, 2.45) is 0 Å². The maximum atomic E-state index is 5.24. The summed E-state index contributed by atoms with van der Waals surface area (Å²) in [5.41, 5.74) is 1.27. The summed E-state index contributed by atoms with van der Waals surface area (Å²) in [6.45, 7) is 0. The number of fused-ring (bicyclic) bond motifs is 1. The number of ether oxygens (including phenoxy) is 1. The van der Waals surface area contributed by atoms with Crippen LogP contribution in [0, 0.1) is 0 Å². The van der Waals surface area contributed by atoms with Crippen molar-refractivity contribution in [2.75, 3.05) is 0 Å². The molecule has 1 heterocycles. The first-order chi connectivity index (χ1) is 4.97.